The predicted octanol–water partition coefficient (Wildman–Crippen LogP) is -0.954. The van der Waals surface area contributed by atoms with Gasteiger partial charge in [-0.2, -0.15) is 4.37 Å². The third-order valence-corrected chi connectivity index (χ3v) is 9.08. The fourth-order valence-electron chi connectivity index (χ4n) is 4.53. The number of nitrogens with zero attached hydrogens (tertiary/aromatic N) is 6. The number of fused-ring (bicyclic) bond motifs is 1. The van der Waals surface area contributed by atoms with Crippen LogP contribution in [0.15, 0.2) is 5.16 Å². The molecule has 0 saturated carbocycles. The summed E-state index contributed by atoms with van der Waals surface area (Å²) >= 11 is 1.89. The number of hydrogen-bond acceptors (Lipinski definition) is 15. The fourth-order valence-corrected chi connectivity index (χ4v) is 6.74. The number of nitrogens with two attached hydrogens (primary N) is 1. The van der Waals surface area contributed by atoms with Crippen molar-refractivity contribution in [2.24, 2.45) is 16.9 Å². The van der Waals surface area contributed by atoms with Crippen LogP contribution in [0.5, 0.6) is 0 Å². The molecule has 3 amide bonds. The Labute approximate surface area is 256 Å². The van der Waals surface area contributed by atoms with Crippen LogP contribution in [-0.4, -0.2) is 114 Å². The summed E-state index contributed by atoms with van der Waals surface area (Å²) in [6.45, 7) is 9.08. The Hall–Kier alpha value is -3.58. The Bertz CT molecular complexity index is 1410. The second-order valence-corrected chi connectivity index (χ2v) is 13.9. The van der Waals surface area contributed by atoms with Gasteiger partial charge < -0.3 is 24.0 Å². The number of oxime groups is 1. The van der Waals surface area contributed by atoms with Crippen molar-refractivity contribution in [3.05, 3.63) is 10.8 Å². The van der Waals surface area contributed by atoms with Gasteiger partial charge in [-0.3, -0.25) is 29.0 Å². The number of piperazine rings is 1. The number of hydrazine groups is 1. The Morgan fingerprint density at radius 1 is 1.14 bits per heavy atom. The average Bonchev–Trinajstić information content (AvgIpc) is 3.51. The second-order valence-electron chi connectivity index (χ2n) is 11.5. The van der Waals surface area contributed by atoms with E-state index in [0.717, 1.165) is 33.2 Å². The third kappa shape index (κ3) is 6.10. The molecule has 0 bridgehead atoms. The molecule has 3 fully saturated rings. The van der Waals surface area contributed by atoms with Crippen molar-refractivity contribution in [3.63, 3.8) is 0 Å². The summed E-state index contributed by atoms with van der Waals surface area (Å²) in [6, 6.07) is 0. The standard InChI is InChI=1S/C24H30BN7O9S2/c1-11-27-15(29-43-11)14(28-41-23(5,6)20(37)39-22(2,3)4)13(33)9-12-16(34)30-10-24(21(38)40-25,42-19(12)30)31-7-8-32(26)18(36)17(31)35/h12,19H,7-10,26H2,1-6H3/b28-14+/t12-,19-,24-/m1/s1. The molecule has 3 aliphatic rings. The number of carbonyl (C=O) groups is 6. The first-order valence-corrected chi connectivity index (χ1v) is 14.7. The van der Waals surface area contributed by atoms with E-state index >= 15 is 0 Å². The molecule has 4 heterocycles. The lowest BCUT2D eigenvalue weighted by atomic mass is 9.90. The van der Waals surface area contributed by atoms with E-state index in [1.54, 1.807) is 27.7 Å². The van der Waals surface area contributed by atoms with Crippen molar-refractivity contribution in [1.29, 1.82) is 0 Å². The van der Waals surface area contributed by atoms with Crippen LogP contribution in [0.1, 0.15) is 51.9 Å². The Morgan fingerprint density at radius 3 is 2.40 bits per heavy atom. The molecule has 3 aliphatic heterocycles. The highest BCUT2D eigenvalue weighted by atomic mass is 32.2. The van der Waals surface area contributed by atoms with E-state index in [9.17, 15) is 28.8 Å². The van der Waals surface area contributed by atoms with Crippen molar-refractivity contribution < 1.29 is 43.0 Å². The van der Waals surface area contributed by atoms with Crippen LogP contribution in [0.3, 0.4) is 0 Å². The molecule has 43 heavy (non-hydrogen) atoms. The molecular weight excluding hydrogens is 605 g/mol. The van der Waals surface area contributed by atoms with Crippen LogP contribution in [0.25, 0.3) is 0 Å². The van der Waals surface area contributed by atoms with Crippen LogP contribution in [-0.2, 0) is 43.0 Å². The maximum absolute atomic E-state index is 13.6. The highest BCUT2D eigenvalue weighted by Crippen LogP contribution is 2.52. The van der Waals surface area contributed by atoms with Crippen LogP contribution in [0.2, 0.25) is 0 Å². The normalized spacial score (nSPS) is 24.5. The van der Waals surface area contributed by atoms with Crippen LogP contribution in [0, 0.1) is 12.8 Å². The molecule has 0 spiro atoms. The van der Waals surface area contributed by atoms with Gasteiger partial charge in [0.15, 0.2) is 17.3 Å². The number of Topliss-reactive ketones (excluding diaryl/α,β-unsaturated/α-hetero) is 1. The smallest absolute Gasteiger partial charge is 0.378 e. The summed E-state index contributed by atoms with van der Waals surface area (Å²) in [7, 11) is 5.19. The number of ketones is 1. The molecule has 16 nitrogen and oxygen atoms in total. The third-order valence-electron chi connectivity index (χ3n) is 6.73. The van der Waals surface area contributed by atoms with E-state index in [1.165, 1.54) is 18.7 Å². The van der Waals surface area contributed by atoms with E-state index < -0.39 is 69.2 Å². The minimum Gasteiger partial charge on any atom is -0.541 e. The van der Waals surface area contributed by atoms with Gasteiger partial charge in [0.05, 0.1) is 24.4 Å². The molecule has 230 valence electrons. The van der Waals surface area contributed by atoms with Crippen molar-refractivity contribution in [2.75, 3.05) is 19.6 Å². The zero-order chi connectivity index (χ0) is 32.1. The summed E-state index contributed by atoms with van der Waals surface area (Å²) in [6.07, 6.45) is -0.391. The van der Waals surface area contributed by atoms with Crippen molar-refractivity contribution >= 4 is 72.5 Å². The van der Waals surface area contributed by atoms with Gasteiger partial charge in [0.2, 0.25) is 16.4 Å². The van der Waals surface area contributed by atoms with Gasteiger partial charge in [0.25, 0.3) is 0 Å². The van der Waals surface area contributed by atoms with Crippen molar-refractivity contribution in [2.45, 2.75) is 69.4 Å². The lowest BCUT2D eigenvalue weighted by molar-refractivity contribution is -0.179. The molecule has 0 unspecified atom stereocenters. The summed E-state index contributed by atoms with van der Waals surface area (Å²) in [5.41, 5.74) is -2.71. The number of rotatable bonds is 9. The number of thioether (sulfide) groups is 1. The molecule has 3 atom stereocenters. The van der Waals surface area contributed by atoms with E-state index in [4.69, 9.17) is 23.5 Å². The number of amides is 3. The highest BCUT2D eigenvalue weighted by molar-refractivity contribution is 8.02. The maximum Gasteiger partial charge on any atom is 0.378 e. The summed E-state index contributed by atoms with van der Waals surface area (Å²) < 4.78 is 14.0. The van der Waals surface area contributed by atoms with Crippen LogP contribution >= 0.6 is 23.3 Å². The summed E-state index contributed by atoms with van der Waals surface area (Å²) in [5.74, 6) is -0.466. The number of aryl methyl sites for hydroxylation is 1. The van der Waals surface area contributed by atoms with Gasteiger partial charge in [-0.1, -0.05) is 16.9 Å². The number of ether oxygens (including phenoxy) is 1. The summed E-state index contributed by atoms with van der Waals surface area (Å²) in [4.78, 5) is 87.6. The molecular formula is C24H30BN7O9S2. The van der Waals surface area contributed by atoms with Gasteiger partial charge in [-0.05, 0) is 53.1 Å². The first-order valence-electron chi connectivity index (χ1n) is 13.0. The SMILES string of the molecule is [B]OC(=O)[C@@]1(N2CCN(N)C(=O)C2=O)CN2C(=O)[C@@H](CC(=O)/C(=N\OC(C)(C)C(=O)OC(C)(C)C)c3nsc(C)n3)[C@H]2S1. The van der Waals surface area contributed by atoms with E-state index in [0.29, 0.717) is 5.01 Å². The van der Waals surface area contributed by atoms with Gasteiger partial charge in [0, 0.05) is 13.0 Å². The van der Waals surface area contributed by atoms with E-state index in [2.05, 4.69) is 19.2 Å². The lowest BCUT2D eigenvalue weighted by Gasteiger charge is -2.41. The number of aromatic nitrogens is 2. The fraction of sp³-hybridized carbons (Fsp3) is 0.625. The van der Waals surface area contributed by atoms with Gasteiger partial charge in [-0.15, -0.1) is 0 Å². The largest absolute Gasteiger partial charge is 0.541 e. The van der Waals surface area contributed by atoms with E-state index in [1.807, 2.05) is 0 Å². The molecule has 2 radical (unpaired) electrons. The zero-order valence-corrected chi connectivity index (χ0v) is 25.9. The second kappa shape index (κ2) is 11.5. The molecule has 3 saturated heterocycles. The molecule has 0 aliphatic carbocycles. The quantitative estimate of drug-likeness (QED) is 0.0509. The lowest BCUT2D eigenvalue weighted by Crippen LogP contribution is -2.66. The Balaban J connectivity index is 1.57. The van der Waals surface area contributed by atoms with Crippen LogP contribution < -0.4 is 5.84 Å². The van der Waals surface area contributed by atoms with Crippen LogP contribution in [0.4, 0.5) is 0 Å². The average molecular weight is 635 g/mol. The minimum absolute atomic E-state index is 0.0555. The monoisotopic (exact) mass is 635 g/mol. The molecule has 4 rings (SSSR count). The number of hydrogen-bond donors (Lipinski definition) is 1. The predicted molar refractivity (Wildman–Crippen MR) is 151 cm³/mol. The number of β-lactam (4-membered cyclic amide) rings is 1. The first-order chi connectivity index (χ1) is 19.9. The Kier molecular flexibility index (Phi) is 8.65. The minimum atomic E-state index is -1.83. The van der Waals surface area contributed by atoms with Crippen molar-refractivity contribution in [1.82, 2.24) is 24.2 Å². The zero-order valence-electron chi connectivity index (χ0n) is 24.3. The van der Waals surface area contributed by atoms with E-state index in [-0.39, 0.29) is 31.2 Å². The Morgan fingerprint density at radius 2 is 1.81 bits per heavy atom. The molecule has 2 N–H and O–H groups in total. The molecule has 0 aromatic carbocycles. The topological polar surface area (TPSA) is 204 Å². The maximum atomic E-state index is 13.6. The van der Waals surface area contributed by atoms with Gasteiger partial charge in [0.1, 0.15) is 10.6 Å². The van der Waals surface area contributed by atoms with Gasteiger partial charge in [-0.25, -0.2) is 15.6 Å². The number of esters is 1. The molecule has 19 heteroatoms. The first kappa shape index (κ1) is 32.3. The van der Waals surface area contributed by atoms with Crippen molar-refractivity contribution in [3.8, 4) is 0 Å². The molecule has 1 aromatic rings. The highest BCUT2D eigenvalue weighted by Gasteiger charge is 2.66. The van der Waals surface area contributed by atoms with Gasteiger partial charge >= 0.3 is 31.8 Å². The molecule has 1 aromatic heterocycles. The summed E-state index contributed by atoms with van der Waals surface area (Å²) in [5, 5.41) is 4.44. The number of carbonyl (C=O) groups excluding carboxylic acids is 6.